The number of nitrogens with two attached hydrogens (primary N) is 4. The Labute approximate surface area is 421 Å². The van der Waals surface area contributed by atoms with Gasteiger partial charge < -0.3 is 64.9 Å². The maximum absolute atomic E-state index is 14.5. The number of hydrogen-bond donors (Lipinski definition) is 12. The molecule has 0 fully saturated rings. The molecule has 0 bridgehead atoms. The molecule has 7 atom stereocenters. The number of fused-ring (bicyclic) bond motifs is 1. The molecule has 0 aliphatic carbocycles. The van der Waals surface area contributed by atoms with Crippen LogP contribution in [0.4, 0.5) is 0 Å². The van der Waals surface area contributed by atoms with E-state index in [0.717, 1.165) is 22.9 Å². The highest BCUT2D eigenvalue weighted by atomic mass is 16.3. The standard InChI is InChI=1S/C51H76N12O9/c1-4-7-24-43(65)59-40(46(53)68)30-44(66)56-25-14-13-22-38(45(52)67)60-50(72)42(29-34-31-58-37-21-12-11-20-36(34)37)63-48(70)39(23-15-26-57-51(54)55)61-49(71)41(27-32-18-9-8-10-19-32)62-47(69)33(16-5-2)28-35(64)17-6-3/h6,8-12,18-21,31,33,35,38-42,58,64H,3-5,7,13-17,22-30H2,1-2H3,(H2,52,67)(H2,53,68)(H,56,66)(H,59,65)(H,60,72)(H,61,71)(H,62,69)(H,63,70)(H4,54,55,57)/t33?,35?,38-,39-,40?,41+,42?/m0/s1. The molecule has 2 aromatic carbocycles. The number of hydrogen-bond acceptors (Lipinski definition) is 10. The number of aliphatic hydroxyl groups is 1. The molecule has 3 rings (SSSR count). The van der Waals surface area contributed by atoms with E-state index >= 15 is 0 Å². The van der Waals surface area contributed by atoms with Gasteiger partial charge in [-0.15, -0.1) is 6.58 Å². The maximum atomic E-state index is 14.5. The van der Waals surface area contributed by atoms with Crippen molar-refractivity contribution in [1.82, 2.24) is 36.9 Å². The third-order valence-electron chi connectivity index (χ3n) is 12.0. The minimum atomic E-state index is -1.31. The molecule has 4 unspecified atom stereocenters. The van der Waals surface area contributed by atoms with Crippen LogP contribution in [0.15, 0.2) is 78.4 Å². The van der Waals surface area contributed by atoms with Gasteiger partial charge in [0.2, 0.25) is 47.3 Å². The fourth-order valence-corrected chi connectivity index (χ4v) is 8.06. The highest BCUT2D eigenvalue weighted by Crippen LogP contribution is 2.21. The van der Waals surface area contributed by atoms with Crippen LogP contribution >= 0.6 is 0 Å². The summed E-state index contributed by atoms with van der Waals surface area (Å²) in [6.07, 6.45) is 6.16. The van der Waals surface area contributed by atoms with E-state index in [1.165, 1.54) is 0 Å². The third-order valence-corrected chi connectivity index (χ3v) is 12.0. The van der Waals surface area contributed by atoms with Crippen molar-refractivity contribution in [3.8, 4) is 0 Å². The molecular formula is C51H76N12O9. The topological polar surface area (TPSA) is 361 Å². The molecule has 8 amide bonds. The highest BCUT2D eigenvalue weighted by molar-refractivity contribution is 5.96. The summed E-state index contributed by atoms with van der Waals surface area (Å²) in [6, 6.07) is 10.2. The summed E-state index contributed by atoms with van der Waals surface area (Å²) in [6.45, 7) is 7.74. The van der Waals surface area contributed by atoms with Crippen LogP contribution in [0, 0.1) is 5.92 Å². The molecule has 0 aliphatic heterocycles. The summed E-state index contributed by atoms with van der Waals surface area (Å²) in [5.41, 5.74) is 24.5. The smallest absolute Gasteiger partial charge is 0.243 e. The molecule has 394 valence electrons. The van der Waals surface area contributed by atoms with Crippen molar-refractivity contribution in [3.63, 3.8) is 0 Å². The lowest BCUT2D eigenvalue weighted by atomic mass is 9.93. The van der Waals surface area contributed by atoms with E-state index < -0.39 is 83.6 Å². The van der Waals surface area contributed by atoms with Crippen LogP contribution in [-0.2, 0) is 51.2 Å². The summed E-state index contributed by atoms with van der Waals surface area (Å²) in [4.78, 5) is 114. The Bertz CT molecular complexity index is 2280. The minimum absolute atomic E-state index is 0.00518. The average molecular weight is 1000 g/mol. The zero-order chi connectivity index (χ0) is 53.0. The normalized spacial score (nSPS) is 13.9. The van der Waals surface area contributed by atoms with E-state index in [2.05, 4.69) is 48.5 Å². The zero-order valence-corrected chi connectivity index (χ0v) is 41.6. The van der Waals surface area contributed by atoms with E-state index in [9.17, 15) is 43.5 Å². The van der Waals surface area contributed by atoms with E-state index in [-0.39, 0.29) is 82.7 Å². The Hall–Kier alpha value is -7.29. The molecule has 0 saturated heterocycles. The number of aliphatic imine (C=N–C) groups is 1. The lowest BCUT2D eigenvalue weighted by Crippen LogP contribution is -2.59. The number of rotatable bonds is 35. The molecule has 1 aromatic heterocycles. The summed E-state index contributed by atoms with van der Waals surface area (Å²) < 4.78 is 0. The Kier molecular flexibility index (Phi) is 26.1. The van der Waals surface area contributed by atoms with Gasteiger partial charge in [0, 0.05) is 55.4 Å². The first-order valence-corrected chi connectivity index (χ1v) is 24.7. The monoisotopic (exact) mass is 1000 g/mol. The number of unbranched alkanes of at least 4 members (excludes halogenated alkanes) is 2. The Morgan fingerprint density at radius 3 is 1.93 bits per heavy atom. The second kappa shape index (κ2) is 31.8. The molecule has 72 heavy (non-hydrogen) atoms. The number of nitrogens with one attached hydrogen (secondary N) is 7. The second-order valence-corrected chi connectivity index (χ2v) is 17.9. The molecule has 0 aliphatic rings. The summed E-state index contributed by atoms with van der Waals surface area (Å²) in [5, 5.41) is 27.7. The molecule has 21 heteroatoms. The van der Waals surface area contributed by atoms with Crippen molar-refractivity contribution in [3.05, 3.63) is 84.6 Å². The molecule has 0 spiro atoms. The Balaban J connectivity index is 1.85. The quantitative estimate of drug-likeness (QED) is 0.0171. The van der Waals surface area contributed by atoms with Crippen molar-refractivity contribution < 1.29 is 43.5 Å². The molecular weight excluding hydrogens is 925 g/mol. The predicted molar refractivity (Wildman–Crippen MR) is 275 cm³/mol. The van der Waals surface area contributed by atoms with Crippen molar-refractivity contribution in [2.24, 2.45) is 33.8 Å². The van der Waals surface area contributed by atoms with Gasteiger partial charge in [-0.2, -0.15) is 0 Å². The van der Waals surface area contributed by atoms with Crippen LogP contribution in [-0.4, -0.2) is 113 Å². The van der Waals surface area contributed by atoms with Crippen molar-refractivity contribution in [2.45, 2.75) is 146 Å². The number of aliphatic hydroxyl groups excluding tert-OH is 1. The van der Waals surface area contributed by atoms with Gasteiger partial charge >= 0.3 is 0 Å². The second-order valence-electron chi connectivity index (χ2n) is 17.9. The van der Waals surface area contributed by atoms with Crippen LogP contribution in [0.1, 0.15) is 108 Å². The van der Waals surface area contributed by atoms with Gasteiger partial charge in [-0.25, -0.2) is 0 Å². The Morgan fingerprint density at radius 1 is 0.667 bits per heavy atom. The number of guanidine groups is 1. The summed E-state index contributed by atoms with van der Waals surface area (Å²) in [7, 11) is 0. The number of benzene rings is 2. The number of nitrogens with zero attached hydrogens (tertiary/aromatic N) is 1. The van der Waals surface area contributed by atoms with Crippen LogP contribution < -0.4 is 54.8 Å². The first-order valence-electron chi connectivity index (χ1n) is 24.7. The molecule has 1 heterocycles. The first-order chi connectivity index (χ1) is 34.4. The fraction of sp³-hybridized carbons (Fsp3) is 0.510. The molecule has 16 N–H and O–H groups in total. The van der Waals surface area contributed by atoms with Gasteiger partial charge in [0.25, 0.3) is 0 Å². The number of carbonyl (C=O) groups is 8. The highest BCUT2D eigenvalue weighted by Gasteiger charge is 2.33. The lowest BCUT2D eigenvalue weighted by Gasteiger charge is -2.27. The number of amides is 8. The van der Waals surface area contributed by atoms with Crippen LogP contribution in [0.3, 0.4) is 0 Å². The number of carbonyl (C=O) groups excluding carboxylic acids is 8. The van der Waals surface area contributed by atoms with E-state index in [0.29, 0.717) is 37.7 Å². The van der Waals surface area contributed by atoms with Gasteiger partial charge in [0.1, 0.15) is 30.2 Å². The number of para-hydroxylation sites is 1. The van der Waals surface area contributed by atoms with E-state index in [1.807, 2.05) is 44.2 Å². The molecule has 0 radical (unpaired) electrons. The zero-order valence-electron chi connectivity index (χ0n) is 41.6. The Morgan fingerprint density at radius 2 is 1.28 bits per heavy atom. The largest absolute Gasteiger partial charge is 0.393 e. The predicted octanol–water partition coefficient (Wildman–Crippen LogP) is 1.01. The number of primary amides is 2. The van der Waals surface area contributed by atoms with Gasteiger partial charge in [0.15, 0.2) is 5.96 Å². The number of aromatic amines is 1. The van der Waals surface area contributed by atoms with Crippen molar-refractivity contribution >= 4 is 64.1 Å². The molecule has 21 nitrogen and oxygen atoms in total. The lowest BCUT2D eigenvalue weighted by molar-refractivity contribution is -0.135. The maximum Gasteiger partial charge on any atom is 0.243 e. The van der Waals surface area contributed by atoms with Crippen LogP contribution in [0.2, 0.25) is 0 Å². The first kappa shape index (κ1) is 59.0. The minimum Gasteiger partial charge on any atom is -0.393 e. The summed E-state index contributed by atoms with van der Waals surface area (Å²) in [5.74, 6) is -6.01. The van der Waals surface area contributed by atoms with E-state index in [1.54, 1.807) is 36.5 Å². The number of H-pyrrole nitrogens is 1. The van der Waals surface area contributed by atoms with Crippen LogP contribution in [0.5, 0.6) is 0 Å². The third kappa shape index (κ3) is 21.4. The summed E-state index contributed by atoms with van der Waals surface area (Å²) >= 11 is 0. The number of aromatic nitrogens is 1. The molecule has 3 aromatic rings. The average Bonchev–Trinajstić information content (AvgIpc) is 3.75. The van der Waals surface area contributed by atoms with Crippen LogP contribution in [0.25, 0.3) is 10.9 Å². The van der Waals surface area contributed by atoms with Gasteiger partial charge in [-0.3, -0.25) is 43.3 Å². The van der Waals surface area contributed by atoms with Gasteiger partial charge in [0.05, 0.1) is 12.5 Å². The van der Waals surface area contributed by atoms with E-state index in [4.69, 9.17) is 22.9 Å². The molecule has 0 saturated carbocycles. The van der Waals surface area contributed by atoms with Crippen molar-refractivity contribution in [2.75, 3.05) is 13.1 Å². The van der Waals surface area contributed by atoms with Crippen molar-refractivity contribution in [1.29, 1.82) is 0 Å². The SMILES string of the molecule is C=CCC(O)CC(CCC)C(=O)N[C@H](Cc1ccccc1)C(=O)N[C@@H](CCCN=C(N)N)C(=O)NC(Cc1c[nH]c2ccccc12)C(=O)N[C@@H](CCCCNC(=O)CC(NC(=O)CCCC)C(N)=O)C(N)=O. The fourth-order valence-electron chi connectivity index (χ4n) is 8.06. The van der Waals surface area contributed by atoms with Gasteiger partial charge in [-0.1, -0.05) is 81.3 Å². The van der Waals surface area contributed by atoms with Gasteiger partial charge in [-0.05, 0) is 75.0 Å².